The molecule has 0 saturated carbocycles. The van der Waals surface area contributed by atoms with Gasteiger partial charge in [0.1, 0.15) is 5.75 Å². The van der Waals surface area contributed by atoms with E-state index in [1.165, 1.54) is 22.3 Å². The molecule has 1 aromatic heterocycles. The number of nitrogens with two attached hydrogens (primary N) is 1. The van der Waals surface area contributed by atoms with E-state index in [0.717, 1.165) is 29.8 Å². The first-order valence-corrected chi connectivity index (χ1v) is 8.36. The molecule has 24 heavy (non-hydrogen) atoms. The summed E-state index contributed by atoms with van der Waals surface area (Å²) in [6, 6.07) is 18.9. The smallest absolute Gasteiger partial charge is 0.119 e. The Bertz CT molecular complexity index is 873. The topological polar surface area (TPSA) is 48.1 Å². The first-order chi connectivity index (χ1) is 11.9. The molecule has 0 spiro atoms. The summed E-state index contributed by atoms with van der Waals surface area (Å²) >= 11 is 0. The van der Waals surface area contributed by atoms with Crippen molar-refractivity contribution in [2.75, 3.05) is 13.2 Å². The Morgan fingerprint density at radius 1 is 1.00 bits per heavy atom. The van der Waals surface area contributed by atoms with E-state index in [-0.39, 0.29) is 0 Å². The average Bonchev–Trinajstić information content (AvgIpc) is 3.01. The number of pyridine rings is 1. The number of aromatic nitrogens is 1. The van der Waals surface area contributed by atoms with Gasteiger partial charge in [-0.3, -0.25) is 4.98 Å². The standard InChI is InChI=1S/C21H20N2O/c22-10-4-12-24-17-7-3-6-15(13-17)19-9-11-23-20-14-16-5-1-2-8-18(16)21(19)20/h1-3,5-9,11,13H,4,10,12,14,22H2. The highest BCUT2D eigenvalue weighted by Crippen LogP contribution is 2.42. The summed E-state index contributed by atoms with van der Waals surface area (Å²) in [6.07, 6.45) is 3.68. The minimum atomic E-state index is 0.647. The van der Waals surface area contributed by atoms with Crippen LogP contribution in [0.15, 0.2) is 60.8 Å². The molecular weight excluding hydrogens is 296 g/mol. The van der Waals surface area contributed by atoms with Gasteiger partial charge in [0.2, 0.25) is 0 Å². The predicted molar refractivity (Wildman–Crippen MR) is 97.1 cm³/mol. The van der Waals surface area contributed by atoms with Gasteiger partial charge >= 0.3 is 0 Å². The number of ether oxygens (including phenoxy) is 1. The van der Waals surface area contributed by atoms with Crippen molar-refractivity contribution in [2.45, 2.75) is 12.8 Å². The van der Waals surface area contributed by atoms with Crippen LogP contribution >= 0.6 is 0 Å². The van der Waals surface area contributed by atoms with E-state index < -0.39 is 0 Å². The number of hydrogen-bond acceptors (Lipinski definition) is 3. The van der Waals surface area contributed by atoms with Crippen molar-refractivity contribution in [3.8, 4) is 28.0 Å². The Kier molecular flexibility index (Phi) is 4.01. The summed E-state index contributed by atoms with van der Waals surface area (Å²) in [7, 11) is 0. The van der Waals surface area contributed by atoms with Crippen LogP contribution in [0.3, 0.4) is 0 Å². The summed E-state index contributed by atoms with van der Waals surface area (Å²) < 4.78 is 5.80. The van der Waals surface area contributed by atoms with Crippen LogP contribution in [0.25, 0.3) is 22.3 Å². The quantitative estimate of drug-likeness (QED) is 0.565. The third-order valence-corrected chi connectivity index (χ3v) is 4.44. The molecule has 0 unspecified atom stereocenters. The monoisotopic (exact) mass is 316 g/mol. The zero-order valence-electron chi connectivity index (χ0n) is 13.5. The molecule has 3 aromatic rings. The minimum Gasteiger partial charge on any atom is -0.494 e. The van der Waals surface area contributed by atoms with Crippen LogP contribution in [-0.2, 0) is 6.42 Å². The summed E-state index contributed by atoms with van der Waals surface area (Å²) in [5, 5.41) is 0. The van der Waals surface area contributed by atoms with Crippen LogP contribution in [0.2, 0.25) is 0 Å². The van der Waals surface area contributed by atoms with Crippen LogP contribution in [0.5, 0.6) is 5.75 Å². The fourth-order valence-corrected chi connectivity index (χ4v) is 3.31. The zero-order valence-corrected chi connectivity index (χ0v) is 13.5. The number of fused-ring (bicyclic) bond motifs is 3. The molecule has 0 saturated heterocycles. The van der Waals surface area contributed by atoms with Gasteiger partial charge in [0.15, 0.2) is 0 Å². The van der Waals surface area contributed by atoms with Crippen molar-refractivity contribution in [3.63, 3.8) is 0 Å². The Morgan fingerprint density at radius 3 is 2.83 bits per heavy atom. The number of nitrogens with zero attached hydrogens (tertiary/aromatic N) is 1. The van der Waals surface area contributed by atoms with Crippen molar-refractivity contribution >= 4 is 0 Å². The van der Waals surface area contributed by atoms with Gasteiger partial charge in [-0.25, -0.2) is 0 Å². The second-order valence-corrected chi connectivity index (χ2v) is 6.03. The molecular formula is C21H20N2O. The Hall–Kier alpha value is -2.65. The highest BCUT2D eigenvalue weighted by molar-refractivity contribution is 5.89. The summed E-state index contributed by atoms with van der Waals surface area (Å²) in [6.45, 7) is 1.30. The van der Waals surface area contributed by atoms with Crippen molar-refractivity contribution < 1.29 is 4.74 Å². The molecule has 1 aliphatic rings. The number of hydrogen-bond donors (Lipinski definition) is 1. The van der Waals surface area contributed by atoms with Gasteiger partial charge in [0, 0.05) is 18.2 Å². The summed E-state index contributed by atoms with van der Waals surface area (Å²) in [5.74, 6) is 0.887. The van der Waals surface area contributed by atoms with E-state index in [4.69, 9.17) is 10.5 Å². The molecule has 2 aromatic carbocycles. The van der Waals surface area contributed by atoms with Crippen LogP contribution in [0.1, 0.15) is 17.7 Å². The Balaban J connectivity index is 1.75. The SMILES string of the molecule is NCCCOc1cccc(-c2ccnc3c2-c2ccccc2C3)c1. The predicted octanol–water partition coefficient (Wildman–Crippen LogP) is 4.05. The number of rotatable bonds is 5. The zero-order chi connectivity index (χ0) is 16.4. The van der Waals surface area contributed by atoms with Crippen molar-refractivity contribution in [1.29, 1.82) is 0 Å². The summed E-state index contributed by atoms with van der Waals surface area (Å²) in [4.78, 5) is 4.60. The van der Waals surface area contributed by atoms with E-state index in [9.17, 15) is 0 Å². The van der Waals surface area contributed by atoms with Crippen LogP contribution in [0.4, 0.5) is 0 Å². The summed E-state index contributed by atoms with van der Waals surface area (Å²) in [5.41, 5.74) is 13.0. The van der Waals surface area contributed by atoms with Gasteiger partial charge in [-0.1, -0.05) is 36.4 Å². The van der Waals surface area contributed by atoms with Crippen LogP contribution < -0.4 is 10.5 Å². The highest BCUT2D eigenvalue weighted by Gasteiger charge is 2.22. The van der Waals surface area contributed by atoms with Crippen LogP contribution in [0, 0.1) is 0 Å². The lowest BCUT2D eigenvalue weighted by atomic mass is 9.96. The molecule has 0 fully saturated rings. The fourth-order valence-electron chi connectivity index (χ4n) is 3.31. The van der Waals surface area contributed by atoms with Crippen molar-refractivity contribution in [3.05, 3.63) is 72.1 Å². The third kappa shape index (κ3) is 2.68. The molecule has 1 heterocycles. The molecule has 0 amide bonds. The molecule has 0 atom stereocenters. The van der Waals surface area contributed by atoms with E-state index in [2.05, 4.69) is 47.4 Å². The lowest BCUT2D eigenvalue weighted by Crippen LogP contribution is -2.06. The van der Waals surface area contributed by atoms with Gasteiger partial charge in [-0.15, -0.1) is 0 Å². The minimum absolute atomic E-state index is 0.647. The molecule has 3 nitrogen and oxygen atoms in total. The molecule has 0 radical (unpaired) electrons. The first-order valence-electron chi connectivity index (χ1n) is 8.36. The molecule has 2 N–H and O–H groups in total. The molecule has 4 rings (SSSR count). The second-order valence-electron chi connectivity index (χ2n) is 6.03. The third-order valence-electron chi connectivity index (χ3n) is 4.44. The molecule has 1 aliphatic carbocycles. The van der Waals surface area contributed by atoms with Crippen molar-refractivity contribution in [1.82, 2.24) is 4.98 Å². The molecule has 0 bridgehead atoms. The van der Waals surface area contributed by atoms with Gasteiger partial charge < -0.3 is 10.5 Å². The maximum Gasteiger partial charge on any atom is 0.119 e. The maximum absolute atomic E-state index is 5.80. The van der Waals surface area contributed by atoms with Gasteiger partial charge in [-0.05, 0) is 53.4 Å². The lowest BCUT2D eigenvalue weighted by molar-refractivity contribution is 0.313. The molecule has 120 valence electrons. The van der Waals surface area contributed by atoms with E-state index in [0.29, 0.717) is 13.2 Å². The van der Waals surface area contributed by atoms with E-state index in [1.807, 2.05) is 18.3 Å². The molecule has 3 heteroatoms. The van der Waals surface area contributed by atoms with E-state index >= 15 is 0 Å². The Morgan fingerprint density at radius 2 is 1.92 bits per heavy atom. The highest BCUT2D eigenvalue weighted by atomic mass is 16.5. The van der Waals surface area contributed by atoms with E-state index in [1.54, 1.807) is 0 Å². The van der Waals surface area contributed by atoms with Gasteiger partial charge in [0.05, 0.1) is 12.3 Å². The largest absolute Gasteiger partial charge is 0.494 e. The fraction of sp³-hybridized carbons (Fsp3) is 0.190. The first kappa shape index (κ1) is 14.9. The van der Waals surface area contributed by atoms with Gasteiger partial charge in [-0.2, -0.15) is 0 Å². The second kappa shape index (κ2) is 6.46. The molecule has 0 aliphatic heterocycles. The maximum atomic E-state index is 5.80. The van der Waals surface area contributed by atoms with Crippen LogP contribution in [-0.4, -0.2) is 18.1 Å². The van der Waals surface area contributed by atoms with Gasteiger partial charge in [0.25, 0.3) is 0 Å². The Labute approximate surface area is 142 Å². The lowest BCUT2D eigenvalue weighted by Gasteiger charge is -2.11. The number of benzene rings is 2. The normalized spacial score (nSPS) is 11.9. The van der Waals surface area contributed by atoms with Crippen molar-refractivity contribution in [2.24, 2.45) is 5.73 Å². The average molecular weight is 316 g/mol.